The van der Waals surface area contributed by atoms with E-state index < -0.39 is 6.61 Å². The monoisotopic (exact) mass is 466 g/mol. The molecule has 1 aromatic heterocycles. The molecule has 1 N–H and O–H groups in total. The standard InChI is InChI=1S/C21H21ClF2N4O2S/c1-3-9-28-19(14-6-4-5-13(2)10-14)26-27-21(28)31-12-18(29)25-15-7-8-17(16(22)11-15)30-20(23)24/h4-8,10-11,20H,3,9,12H2,1-2H3,(H,25,29). The van der Waals surface area contributed by atoms with Crippen LogP contribution in [0.4, 0.5) is 14.5 Å². The Morgan fingerprint density at radius 1 is 1.26 bits per heavy atom. The predicted octanol–water partition coefficient (Wildman–Crippen LogP) is 5.65. The van der Waals surface area contributed by atoms with Crippen molar-refractivity contribution in [2.45, 2.75) is 38.6 Å². The molecule has 31 heavy (non-hydrogen) atoms. The highest BCUT2D eigenvalue weighted by Crippen LogP contribution is 2.29. The summed E-state index contributed by atoms with van der Waals surface area (Å²) in [4.78, 5) is 12.4. The number of carbonyl (C=O) groups excluding carboxylic acids is 1. The van der Waals surface area contributed by atoms with Crippen LogP contribution in [-0.2, 0) is 11.3 Å². The average molecular weight is 467 g/mol. The number of benzene rings is 2. The van der Waals surface area contributed by atoms with Gasteiger partial charge in [-0.25, -0.2) is 0 Å². The van der Waals surface area contributed by atoms with Crippen LogP contribution in [-0.4, -0.2) is 33.0 Å². The normalized spacial score (nSPS) is 11.0. The number of carbonyl (C=O) groups is 1. The first-order chi connectivity index (χ1) is 14.9. The maximum atomic E-state index is 12.4. The molecule has 1 heterocycles. The fourth-order valence-electron chi connectivity index (χ4n) is 2.92. The summed E-state index contributed by atoms with van der Waals surface area (Å²) in [6.45, 7) is 1.83. The quantitative estimate of drug-likeness (QED) is 0.413. The summed E-state index contributed by atoms with van der Waals surface area (Å²) < 4.78 is 30.9. The number of thioether (sulfide) groups is 1. The summed E-state index contributed by atoms with van der Waals surface area (Å²) in [5, 5.41) is 11.9. The van der Waals surface area contributed by atoms with E-state index in [4.69, 9.17) is 11.6 Å². The molecule has 1 amide bonds. The Kier molecular flexibility index (Phi) is 7.86. The Hall–Kier alpha value is -2.65. The SMILES string of the molecule is CCCn1c(SCC(=O)Nc2ccc(OC(F)F)c(Cl)c2)nnc1-c1cccc(C)c1. The van der Waals surface area contributed by atoms with Crippen molar-refractivity contribution < 1.29 is 18.3 Å². The first kappa shape index (κ1) is 23.0. The smallest absolute Gasteiger partial charge is 0.387 e. The van der Waals surface area contributed by atoms with Gasteiger partial charge in [-0.3, -0.25) is 4.79 Å². The largest absolute Gasteiger partial charge is 0.433 e. The third-order valence-corrected chi connectivity index (χ3v) is 5.47. The number of rotatable bonds is 9. The highest BCUT2D eigenvalue weighted by atomic mass is 35.5. The minimum absolute atomic E-state index is 0.0174. The van der Waals surface area contributed by atoms with Crippen LogP contribution in [0.15, 0.2) is 47.6 Å². The molecule has 0 bridgehead atoms. The zero-order valence-electron chi connectivity index (χ0n) is 16.9. The van der Waals surface area contributed by atoms with Gasteiger partial charge in [0.05, 0.1) is 10.8 Å². The van der Waals surface area contributed by atoms with Crippen molar-refractivity contribution in [2.75, 3.05) is 11.1 Å². The van der Waals surface area contributed by atoms with Crippen LogP contribution in [0.3, 0.4) is 0 Å². The Balaban J connectivity index is 1.67. The van der Waals surface area contributed by atoms with Crippen molar-refractivity contribution in [3.05, 3.63) is 53.1 Å². The molecule has 0 radical (unpaired) electrons. The van der Waals surface area contributed by atoms with Crippen molar-refractivity contribution in [3.8, 4) is 17.1 Å². The average Bonchev–Trinajstić information content (AvgIpc) is 3.11. The van der Waals surface area contributed by atoms with Crippen LogP contribution in [0.25, 0.3) is 11.4 Å². The van der Waals surface area contributed by atoms with Crippen LogP contribution < -0.4 is 10.1 Å². The molecular weight excluding hydrogens is 446 g/mol. The third kappa shape index (κ3) is 6.18. The molecule has 0 unspecified atom stereocenters. The van der Waals surface area contributed by atoms with Gasteiger partial charge in [0.1, 0.15) is 5.75 Å². The lowest BCUT2D eigenvalue weighted by atomic mass is 10.1. The van der Waals surface area contributed by atoms with E-state index in [1.165, 1.54) is 30.0 Å². The number of amides is 1. The molecule has 0 aliphatic heterocycles. The van der Waals surface area contributed by atoms with Gasteiger partial charge in [-0.15, -0.1) is 10.2 Å². The highest BCUT2D eigenvalue weighted by molar-refractivity contribution is 7.99. The van der Waals surface area contributed by atoms with Gasteiger partial charge >= 0.3 is 6.61 Å². The molecular formula is C21H21ClF2N4O2S. The maximum Gasteiger partial charge on any atom is 0.387 e. The van der Waals surface area contributed by atoms with Gasteiger partial charge in [-0.05, 0) is 37.6 Å². The van der Waals surface area contributed by atoms with E-state index in [-0.39, 0.29) is 22.4 Å². The number of halogens is 3. The summed E-state index contributed by atoms with van der Waals surface area (Å²) >= 11 is 7.19. The van der Waals surface area contributed by atoms with Crippen LogP contribution in [0, 0.1) is 6.92 Å². The first-order valence-electron chi connectivity index (χ1n) is 9.54. The fourth-order valence-corrected chi connectivity index (χ4v) is 3.91. The topological polar surface area (TPSA) is 69.0 Å². The van der Waals surface area contributed by atoms with Crippen LogP contribution in [0.5, 0.6) is 5.75 Å². The molecule has 2 aromatic carbocycles. The van der Waals surface area contributed by atoms with Gasteiger partial charge in [0.15, 0.2) is 11.0 Å². The second-order valence-electron chi connectivity index (χ2n) is 6.69. The molecule has 0 saturated carbocycles. The van der Waals surface area contributed by atoms with Crippen molar-refractivity contribution in [2.24, 2.45) is 0 Å². The number of aryl methyl sites for hydroxylation is 1. The second-order valence-corrected chi connectivity index (χ2v) is 8.04. The molecule has 3 aromatic rings. The lowest BCUT2D eigenvalue weighted by molar-refractivity contribution is -0.113. The minimum atomic E-state index is -2.97. The van der Waals surface area contributed by atoms with Crippen molar-refractivity contribution in [3.63, 3.8) is 0 Å². The van der Waals surface area contributed by atoms with Crippen LogP contribution in [0.1, 0.15) is 18.9 Å². The van der Waals surface area contributed by atoms with Gasteiger partial charge in [-0.2, -0.15) is 8.78 Å². The number of hydrogen-bond donors (Lipinski definition) is 1. The number of hydrogen-bond acceptors (Lipinski definition) is 5. The van der Waals surface area contributed by atoms with Gasteiger partial charge in [0, 0.05) is 17.8 Å². The Morgan fingerprint density at radius 3 is 2.74 bits per heavy atom. The van der Waals surface area contributed by atoms with Crippen LogP contribution >= 0.6 is 23.4 Å². The number of anilines is 1. The predicted molar refractivity (Wildman–Crippen MR) is 118 cm³/mol. The summed E-state index contributed by atoms with van der Waals surface area (Å²) in [5.74, 6) is 0.421. The van der Waals surface area contributed by atoms with Crippen molar-refractivity contribution in [1.82, 2.24) is 14.8 Å². The summed E-state index contributed by atoms with van der Waals surface area (Å²) in [6, 6.07) is 12.1. The van der Waals surface area contributed by atoms with E-state index in [1.807, 2.05) is 35.8 Å². The molecule has 10 heteroatoms. The zero-order chi connectivity index (χ0) is 22.4. The van der Waals surface area contributed by atoms with E-state index in [1.54, 1.807) is 0 Å². The number of ether oxygens (including phenoxy) is 1. The Morgan fingerprint density at radius 2 is 2.06 bits per heavy atom. The molecule has 164 valence electrons. The minimum Gasteiger partial charge on any atom is -0.433 e. The second kappa shape index (κ2) is 10.6. The van der Waals surface area contributed by atoms with Gasteiger partial charge in [0.2, 0.25) is 5.91 Å². The molecule has 6 nitrogen and oxygen atoms in total. The molecule has 0 aliphatic carbocycles. The van der Waals surface area contributed by atoms with E-state index >= 15 is 0 Å². The van der Waals surface area contributed by atoms with E-state index in [9.17, 15) is 13.6 Å². The highest BCUT2D eigenvalue weighted by Gasteiger charge is 2.16. The molecule has 0 atom stereocenters. The zero-order valence-corrected chi connectivity index (χ0v) is 18.5. The lowest BCUT2D eigenvalue weighted by Crippen LogP contribution is -2.15. The fraction of sp³-hybridized carbons (Fsp3) is 0.286. The first-order valence-corrected chi connectivity index (χ1v) is 10.9. The maximum absolute atomic E-state index is 12.4. The summed E-state index contributed by atoms with van der Waals surface area (Å²) in [6.07, 6.45) is 0.891. The number of aromatic nitrogens is 3. The molecule has 0 aliphatic rings. The van der Waals surface area contributed by atoms with Crippen molar-refractivity contribution >= 4 is 35.0 Å². The Bertz CT molecular complexity index is 1060. The van der Waals surface area contributed by atoms with Crippen molar-refractivity contribution in [1.29, 1.82) is 0 Å². The third-order valence-electron chi connectivity index (χ3n) is 4.20. The number of nitrogens with zero attached hydrogens (tertiary/aromatic N) is 3. The van der Waals surface area contributed by atoms with Gasteiger partial charge in [0.25, 0.3) is 0 Å². The summed E-state index contributed by atoms with van der Waals surface area (Å²) in [5.41, 5.74) is 2.48. The van der Waals surface area contributed by atoms with E-state index in [0.717, 1.165) is 29.9 Å². The molecule has 0 saturated heterocycles. The Labute approximate surface area is 188 Å². The van der Waals surface area contributed by atoms with Gasteiger partial charge in [-0.1, -0.05) is 54.0 Å². The van der Waals surface area contributed by atoms with E-state index in [2.05, 4.69) is 27.2 Å². The molecule has 0 fully saturated rings. The number of alkyl halides is 2. The van der Waals surface area contributed by atoms with E-state index in [0.29, 0.717) is 10.8 Å². The molecule has 3 rings (SSSR count). The number of nitrogens with one attached hydrogen (secondary N) is 1. The van der Waals surface area contributed by atoms with Crippen LogP contribution in [0.2, 0.25) is 5.02 Å². The van der Waals surface area contributed by atoms with Gasteiger partial charge < -0.3 is 14.6 Å². The molecule has 0 spiro atoms. The lowest BCUT2D eigenvalue weighted by Gasteiger charge is -2.10. The summed E-state index contributed by atoms with van der Waals surface area (Å²) in [7, 11) is 0.